The van der Waals surface area contributed by atoms with Crippen LogP contribution in [0.25, 0.3) is 0 Å². The van der Waals surface area contributed by atoms with Gasteiger partial charge in [-0.2, -0.15) is 4.98 Å². The fourth-order valence-electron chi connectivity index (χ4n) is 2.17. The van der Waals surface area contributed by atoms with Crippen LogP contribution in [0.2, 0.25) is 0 Å². The van der Waals surface area contributed by atoms with Crippen LogP contribution >= 0.6 is 0 Å². The number of anilines is 2. The third-order valence-electron chi connectivity index (χ3n) is 3.13. The molecule has 1 aromatic heterocycles. The van der Waals surface area contributed by atoms with E-state index in [9.17, 15) is 0 Å². The third-order valence-corrected chi connectivity index (χ3v) is 3.13. The lowest BCUT2D eigenvalue weighted by atomic mass is 10.2. The van der Waals surface area contributed by atoms with Crippen LogP contribution in [0.5, 0.6) is 5.88 Å². The van der Waals surface area contributed by atoms with Gasteiger partial charge in [-0.3, -0.25) is 0 Å². The number of aromatic nitrogens is 2. The van der Waals surface area contributed by atoms with Crippen LogP contribution < -0.4 is 15.4 Å². The van der Waals surface area contributed by atoms with Gasteiger partial charge >= 0.3 is 0 Å². The first-order chi connectivity index (χ1) is 9.22. The molecule has 6 nitrogen and oxygen atoms in total. The summed E-state index contributed by atoms with van der Waals surface area (Å²) in [5, 5.41) is 0. The van der Waals surface area contributed by atoms with Gasteiger partial charge in [-0.15, -0.1) is 0 Å². The van der Waals surface area contributed by atoms with Gasteiger partial charge in [0.1, 0.15) is 12.0 Å². The highest BCUT2D eigenvalue weighted by molar-refractivity contribution is 5.67. The first kappa shape index (κ1) is 13.9. The molecule has 0 aromatic carbocycles. The van der Waals surface area contributed by atoms with Gasteiger partial charge < -0.3 is 20.1 Å². The second-order valence-electron chi connectivity index (χ2n) is 4.78. The van der Waals surface area contributed by atoms with Crippen molar-refractivity contribution >= 4 is 11.5 Å². The largest absolute Gasteiger partial charge is 0.476 e. The summed E-state index contributed by atoms with van der Waals surface area (Å²) in [4.78, 5) is 10.3. The minimum absolute atomic E-state index is 0.263. The summed E-state index contributed by atoms with van der Waals surface area (Å²) < 4.78 is 11.1. The van der Waals surface area contributed by atoms with Gasteiger partial charge in [-0.05, 0) is 19.3 Å². The molecular weight excluding hydrogens is 244 g/mol. The number of hydrogen-bond acceptors (Lipinski definition) is 6. The molecule has 2 rings (SSSR count). The van der Waals surface area contributed by atoms with Crippen molar-refractivity contribution in [1.29, 1.82) is 0 Å². The zero-order chi connectivity index (χ0) is 13.7. The van der Waals surface area contributed by atoms with Crippen molar-refractivity contribution < 1.29 is 9.47 Å². The van der Waals surface area contributed by atoms with Gasteiger partial charge in [0.25, 0.3) is 0 Å². The van der Waals surface area contributed by atoms with Crippen molar-refractivity contribution in [3.63, 3.8) is 0 Å². The standard InChI is InChI=1S/C13H22N4O2/c1-3-6-19-13-11(14)12(15-9-16-13)17(2)8-10-5-4-7-18-10/h9-10H,3-8,14H2,1-2H3. The molecular formula is C13H22N4O2. The SMILES string of the molecule is CCCOc1ncnc(N(C)CC2CCCO2)c1N. The third kappa shape index (κ3) is 3.47. The lowest BCUT2D eigenvalue weighted by Crippen LogP contribution is -2.30. The fraction of sp³-hybridized carbons (Fsp3) is 0.692. The Morgan fingerprint density at radius 3 is 3.05 bits per heavy atom. The van der Waals surface area contributed by atoms with Crippen LogP contribution in [-0.4, -0.2) is 42.9 Å². The Kier molecular flexibility index (Phi) is 4.79. The topological polar surface area (TPSA) is 73.5 Å². The zero-order valence-corrected chi connectivity index (χ0v) is 11.6. The summed E-state index contributed by atoms with van der Waals surface area (Å²) in [7, 11) is 1.96. The smallest absolute Gasteiger partial charge is 0.242 e. The van der Waals surface area contributed by atoms with Crippen LogP contribution in [0.15, 0.2) is 6.33 Å². The van der Waals surface area contributed by atoms with E-state index in [0.717, 1.165) is 32.4 Å². The van der Waals surface area contributed by atoms with Crippen LogP contribution in [0, 0.1) is 0 Å². The van der Waals surface area contributed by atoms with Crippen molar-refractivity contribution in [1.82, 2.24) is 9.97 Å². The van der Waals surface area contributed by atoms with E-state index in [0.29, 0.717) is 24.0 Å². The van der Waals surface area contributed by atoms with Gasteiger partial charge in [0.2, 0.25) is 5.88 Å². The molecule has 0 amide bonds. The Bertz CT molecular complexity index is 408. The molecule has 0 spiro atoms. The number of hydrogen-bond donors (Lipinski definition) is 1. The average molecular weight is 266 g/mol. The molecule has 1 fully saturated rings. The van der Waals surface area contributed by atoms with Gasteiger partial charge in [-0.25, -0.2) is 4.98 Å². The summed E-state index contributed by atoms with van der Waals surface area (Å²) in [6.07, 6.45) is 4.89. The lowest BCUT2D eigenvalue weighted by molar-refractivity contribution is 0.116. The molecule has 0 aliphatic carbocycles. The molecule has 106 valence electrons. The molecule has 1 aromatic rings. The van der Waals surface area contributed by atoms with E-state index in [2.05, 4.69) is 9.97 Å². The molecule has 0 bridgehead atoms. The van der Waals surface area contributed by atoms with Crippen molar-refractivity contribution in [3.8, 4) is 5.88 Å². The van der Waals surface area contributed by atoms with Crippen LogP contribution in [-0.2, 0) is 4.74 Å². The first-order valence-corrected chi connectivity index (χ1v) is 6.78. The lowest BCUT2D eigenvalue weighted by Gasteiger charge is -2.23. The van der Waals surface area contributed by atoms with Gasteiger partial charge in [0.15, 0.2) is 5.82 Å². The van der Waals surface area contributed by atoms with E-state index in [-0.39, 0.29) is 6.10 Å². The highest BCUT2D eigenvalue weighted by atomic mass is 16.5. The Balaban J connectivity index is 2.05. The van der Waals surface area contributed by atoms with Crippen molar-refractivity contribution in [2.24, 2.45) is 0 Å². The Hall–Kier alpha value is -1.56. The van der Waals surface area contributed by atoms with Crippen molar-refractivity contribution in [2.45, 2.75) is 32.3 Å². The van der Waals surface area contributed by atoms with E-state index >= 15 is 0 Å². The molecule has 1 atom stereocenters. The van der Waals surface area contributed by atoms with E-state index in [4.69, 9.17) is 15.2 Å². The Morgan fingerprint density at radius 2 is 2.37 bits per heavy atom. The van der Waals surface area contributed by atoms with E-state index in [1.807, 2.05) is 18.9 Å². The Labute approximate surface area is 113 Å². The maximum Gasteiger partial charge on any atom is 0.242 e. The van der Waals surface area contributed by atoms with E-state index in [1.54, 1.807) is 0 Å². The van der Waals surface area contributed by atoms with Gasteiger partial charge in [0, 0.05) is 20.2 Å². The number of nitrogens with two attached hydrogens (primary N) is 1. The molecule has 1 aliphatic rings. The first-order valence-electron chi connectivity index (χ1n) is 6.78. The maximum atomic E-state index is 6.07. The monoisotopic (exact) mass is 266 g/mol. The van der Waals surface area contributed by atoms with Crippen LogP contribution in [0.3, 0.4) is 0 Å². The molecule has 1 unspecified atom stereocenters. The summed E-state index contributed by atoms with van der Waals surface area (Å²) in [5.74, 6) is 1.17. The maximum absolute atomic E-state index is 6.07. The van der Waals surface area contributed by atoms with Gasteiger partial charge in [-0.1, -0.05) is 6.92 Å². The molecule has 2 heterocycles. The van der Waals surface area contributed by atoms with Crippen molar-refractivity contribution in [2.75, 3.05) is 37.4 Å². The second-order valence-corrected chi connectivity index (χ2v) is 4.78. The Morgan fingerprint density at radius 1 is 1.53 bits per heavy atom. The quantitative estimate of drug-likeness (QED) is 0.840. The van der Waals surface area contributed by atoms with Crippen LogP contribution in [0.4, 0.5) is 11.5 Å². The highest BCUT2D eigenvalue weighted by Gasteiger charge is 2.20. The molecule has 0 radical (unpaired) electrons. The predicted octanol–water partition coefficient (Wildman–Crippen LogP) is 1.46. The number of rotatable bonds is 6. The zero-order valence-electron chi connectivity index (χ0n) is 11.6. The predicted molar refractivity (Wildman–Crippen MR) is 74.5 cm³/mol. The number of nitrogens with zero attached hydrogens (tertiary/aromatic N) is 3. The minimum Gasteiger partial charge on any atom is -0.476 e. The number of ether oxygens (including phenoxy) is 2. The number of nitrogen functional groups attached to an aromatic ring is 1. The average Bonchev–Trinajstić information content (AvgIpc) is 2.90. The van der Waals surface area contributed by atoms with E-state index < -0.39 is 0 Å². The summed E-state index contributed by atoms with van der Waals surface area (Å²) in [6.45, 7) is 4.29. The molecule has 6 heteroatoms. The van der Waals surface area contributed by atoms with E-state index in [1.165, 1.54) is 6.33 Å². The fourth-order valence-corrected chi connectivity index (χ4v) is 2.17. The highest BCUT2D eigenvalue weighted by Crippen LogP contribution is 2.28. The molecule has 1 aliphatic heterocycles. The summed E-state index contributed by atoms with van der Waals surface area (Å²) in [5.41, 5.74) is 6.56. The summed E-state index contributed by atoms with van der Waals surface area (Å²) >= 11 is 0. The van der Waals surface area contributed by atoms with Crippen LogP contribution in [0.1, 0.15) is 26.2 Å². The summed E-state index contributed by atoms with van der Waals surface area (Å²) in [6, 6.07) is 0. The van der Waals surface area contributed by atoms with Gasteiger partial charge in [0.05, 0.1) is 12.7 Å². The molecule has 1 saturated heterocycles. The molecule has 19 heavy (non-hydrogen) atoms. The van der Waals surface area contributed by atoms with Crippen molar-refractivity contribution in [3.05, 3.63) is 6.33 Å². The number of likely N-dealkylation sites (N-methyl/N-ethyl adjacent to an activating group) is 1. The molecule has 0 saturated carbocycles. The molecule has 2 N–H and O–H groups in total. The normalized spacial score (nSPS) is 18.5. The minimum atomic E-state index is 0.263. The second kappa shape index (κ2) is 6.56.